The summed E-state index contributed by atoms with van der Waals surface area (Å²) in [6, 6.07) is 6.03. The fraction of sp³-hybridized carbons (Fsp3) is 0.375. The minimum atomic E-state index is -3.71. The fourth-order valence-electron chi connectivity index (χ4n) is 3.01. The highest BCUT2D eigenvalue weighted by molar-refractivity contribution is 7.89. The minimum absolute atomic E-state index is 0.0719. The highest BCUT2D eigenvalue weighted by Crippen LogP contribution is 2.33. The number of hydrogen-bond acceptors (Lipinski definition) is 6. The Morgan fingerprint density at radius 2 is 2.00 bits per heavy atom. The lowest BCUT2D eigenvalue weighted by atomic mass is 10.2. The molecule has 0 radical (unpaired) electrons. The second-order valence-corrected chi connectivity index (χ2v) is 7.71. The topological polar surface area (TPSA) is 99.5 Å². The van der Waals surface area contributed by atoms with Gasteiger partial charge in [0.15, 0.2) is 11.5 Å². The van der Waals surface area contributed by atoms with Crippen LogP contribution in [0.15, 0.2) is 34.0 Å². The zero-order valence-electron chi connectivity index (χ0n) is 13.4. The van der Waals surface area contributed by atoms with Crippen molar-refractivity contribution in [2.24, 2.45) is 0 Å². The molecule has 0 atom stereocenters. The zero-order chi connectivity index (χ0) is 17.4. The first-order valence-corrected chi connectivity index (χ1v) is 9.50. The number of rotatable bonds is 5. The largest absolute Gasteiger partial charge is 0.454 e. The van der Waals surface area contributed by atoms with Crippen molar-refractivity contribution in [3.63, 3.8) is 0 Å². The van der Waals surface area contributed by atoms with Crippen LogP contribution in [0.4, 0.5) is 0 Å². The van der Waals surface area contributed by atoms with E-state index in [1.165, 1.54) is 16.8 Å². The molecule has 132 valence electrons. The van der Waals surface area contributed by atoms with Gasteiger partial charge in [-0.2, -0.15) is 5.10 Å². The molecular weight excluding hydrogens is 346 g/mol. The Morgan fingerprint density at radius 1 is 1.16 bits per heavy atom. The van der Waals surface area contributed by atoms with Gasteiger partial charge in [-0.05, 0) is 37.0 Å². The second-order valence-electron chi connectivity index (χ2n) is 5.94. The number of nitrogens with one attached hydrogen (secondary N) is 1. The molecule has 2 heterocycles. The molecule has 1 aliphatic carbocycles. The molecule has 8 nitrogen and oxygen atoms in total. The van der Waals surface area contributed by atoms with Crippen LogP contribution in [0.1, 0.15) is 17.7 Å². The van der Waals surface area contributed by atoms with Gasteiger partial charge in [0.2, 0.25) is 16.8 Å². The van der Waals surface area contributed by atoms with Gasteiger partial charge in [-0.15, -0.1) is 0 Å². The molecule has 0 spiro atoms. The fourth-order valence-corrected chi connectivity index (χ4v) is 4.05. The molecule has 0 saturated carbocycles. The van der Waals surface area contributed by atoms with Crippen molar-refractivity contribution in [1.29, 1.82) is 0 Å². The molecule has 2 aliphatic rings. The number of hydrogen-bond donors (Lipinski definition) is 1. The standard InChI is InChI=1S/C16H17N3O5S/c20-16-8-11-2-1-3-13(11)18-19(16)7-6-17-25(21,22)12-4-5-14-15(9-12)24-10-23-14/h4-5,8-9,17H,1-3,6-7,10H2. The third kappa shape index (κ3) is 3.12. The maximum atomic E-state index is 12.4. The van der Waals surface area contributed by atoms with E-state index < -0.39 is 10.0 Å². The number of fused-ring (bicyclic) bond motifs is 2. The number of nitrogens with zero attached hydrogens (tertiary/aromatic N) is 2. The third-order valence-corrected chi connectivity index (χ3v) is 5.75. The third-order valence-electron chi connectivity index (χ3n) is 4.29. The molecule has 0 fully saturated rings. The Hall–Kier alpha value is -2.39. The minimum Gasteiger partial charge on any atom is -0.454 e. The molecule has 1 N–H and O–H groups in total. The van der Waals surface area contributed by atoms with Crippen LogP contribution in [0.5, 0.6) is 11.5 Å². The molecule has 4 rings (SSSR count). The number of benzene rings is 1. The maximum absolute atomic E-state index is 12.4. The van der Waals surface area contributed by atoms with Crippen LogP contribution < -0.4 is 19.8 Å². The highest BCUT2D eigenvalue weighted by Gasteiger charge is 2.20. The van der Waals surface area contributed by atoms with E-state index in [1.807, 2.05) is 0 Å². The first-order valence-electron chi connectivity index (χ1n) is 8.02. The highest BCUT2D eigenvalue weighted by atomic mass is 32.2. The summed E-state index contributed by atoms with van der Waals surface area (Å²) in [5, 5.41) is 4.33. The van der Waals surface area contributed by atoms with Gasteiger partial charge < -0.3 is 9.47 Å². The van der Waals surface area contributed by atoms with Crippen LogP contribution in [0, 0.1) is 0 Å². The quantitative estimate of drug-likeness (QED) is 0.827. The van der Waals surface area contributed by atoms with E-state index in [0.717, 1.165) is 30.5 Å². The van der Waals surface area contributed by atoms with Gasteiger partial charge in [0.1, 0.15) is 0 Å². The van der Waals surface area contributed by atoms with Crippen LogP contribution in [0.2, 0.25) is 0 Å². The first kappa shape index (κ1) is 16.1. The molecular formula is C16H17N3O5S. The predicted octanol–water partition coefficient (Wildman–Crippen LogP) is 0.439. The summed E-state index contributed by atoms with van der Waals surface area (Å²) < 4.78 is 38.9. The number of aromatic nitrogens is 2. The van der Waals surface area contributed by atoms with E-state index in [-0.39, 0.29) is 30.3 Å². The van der Waals surface area contributed by atoms with Gasteiger partial charge in [0.05, 0.1) is 17.1 Å². The number of ether oxygens (including phenoxy) is 2. The van der Waals surface area contributed by atoms with E-state index in [9.17, 15) is 13.2 Å². The van der Waals surface area contributed by atoms with Crippen molar-refractivity contribution in [3.05, 3.63) is 45.9 Å². The van der Waals surface area contributed by atoms with Crippen molar-refractivity contribution < 1.29 is 17.9 Å². The zero-order valence-corrected chi connectivity index (χ0v) is 14.2. The molecule has 1 aliphatic heterocycles. The van der Waals surface area contributed by atoms with E-state index in [4.69, 9.17) is 9.47 Å². The Labute approximate surface area is 144 Å². The molecule has 25 heavy (non-hydrogen) atoms. The smallest absolute Gasteiger partial charge is 0.267 e. The van der Waals surface area contributed by atoms with Crippen LogP contribution in [0.3, 0.4) is 0 Å². The van der Waals surface area contributed by atoms with Gasteiger partial charge in [-0.25, -0.2) is 17.8 Å². The average Bonchev–Trinajstić information content (AvgIpc) is 3.22. The van der Waals surface area contributed by atoms with Gasteiger partial charge in [0, 0.05) is 18.7 Å². The van der Waals surface area contributed by atoms with Crippen molar-refractivity contribution in [2.75, 3.05) is 13.3 Å². The Balaban J connectivity index is 1.45. The van der Waals surface area contributed by atoms with Gasteiger partial charge >= 0.3 is 0 Å². The molecule has 9 heteroatoms. The lowest BCUT2D eigenvalue weighted by Gasteiger charge is -2.09. The van der Waals surface area contributed by atoms with Crippen LogP contribution >= 0.6 is 0 Å². The number of sulfonamides is 1. The molecule has 0 saturated heterocycles. The molecule has 0 amide bonds. The van der Waals surface area contributed by atoms with Crippen molar-refractivity contribution in [1.82, 2.24) is 14.5 Å². The van der Waals surface area contributed by atoms with E-state index in [1.54, 1.807) is 12.1 Å². The summed E-state index contributed by atoms with van der Waals surface area (Å²) in [4.78, 5) is 12.1. The first-order chi connectivity index (χ1) is 12.0. The second kappa shape index (κ2) is 6.16. The summed E-state index contributed by atoms with van der Waals surface area (Å²) in [5.41, 5.74) is 1.73. The van der Waals surface area contributed by atoms with Gasteiger partial charge in [0.25, 0.3) is 5.56 Å². The Bertz CT molecular complexity index is 984. The Morgan fingerprint density at radius 3 is 2.88 bits per heavy atom. The summed E-state index contributed by atoms with van der Waals surface area (Å²) in [7, 11) is -3.71. The van der Waals surface area contributed by atoms with Crippen LogP contribution in [-0.4, -0.2) is 31.5 Å². The van der Waals surface area contributed by atoms with Crippen LogP contribution in [-0.2, 0) is 29.4 Å². The van der Waals surface area contributed by atoms with E-state index in [2.05, 4.69) is 9.82 Å². The molecule has 1 aromatic carbocycles. The predicted molar refractivity (Wildman–Crippen MR) is 88.3 cm³/mol. The monoisotopic (exact) mass is 363 g/mol. The van der Waals surface area contributed by atoms with Crippen LogP contribution in [0.25, 0.3) is 0 Å². The molecule has 0 unspecified atom stereocenters. The van der Waals surface area contributed by atoms with E-state index >= 15 is 0 Å². The lowest BCUT2D eigenvalue weighted by molar-refractivity contribution is 0.174. The molecule has 0 bridgehead atoms. The summed E-state index contributed by atoms with van der Waals surface area (Å²) in [6.07, 6.45) is 2.75. The summed E-state index contributed by atoms with van der Waals surface area (Å²) >= 11 is 0. The van der Waals surface area contributed by atoms with Crippen molar-refractivity contribution >= 4 is 10.0 Å². The normalized spacial score (nSPS) is 15.4. The van der Waals surface area contributed by atoms with Gasteiger partial charge in [-0.3, -0.25) is 4.79 Å². The van der Waals surface area contributed by atoms with E-state index in [0.29, 0.717) is 11.5 Å². The SMILES string of the molecule is O=c1cc2c(nn1CCNS(=O)(=O)c1ccc3c(c1)OCO3)CCC2. The maximum Gasteiger partial charge on any atom is 0.267 e. The Kier molecular flexibility index (Phi) is 3.97. The summed E-state index contributed by atoms with van der Waals surface area (Å²) in [6.45, 7) is 0.331. The number of aryl methyl sites for hydroxylation is 2. The molecule has 2 aromatic rings. The van der Waals surface area contributed by atoms with Crippen molar-refractivity contribution in [2.45, 2.75) is 30.7 Å². The van der Waals surface area contributed by atoms with Crippen molar-refractivity contribution in [3.8, 4) is 11.5 Å². The summed E-state index contributed by atoms with van der Waals surface area (Å²) in [5.74, 6) is 0.923. The average molecular weight is 363 g/mol. The van der Waals surface area contributed by atoms with Gasteiger partial charge in [-0.1, -0.05) is 0 Å². The molecule has 1 aromatic heterocycles. The lowest BCUT2D eigenvalue weighted by Crippen LogP contribution is -2.32.